The topological polar surface area (TPSA) is 93.0 Å². The third kappa shape index (κ3) is 3.59. The van der Waals surface area contributed by atoms with Crippen LogP contribution in [0.2, 0.25) is 0 Å². The van der Waals surface area contributed by atoms with E-state index in [9.17, 15) is 9.59 Å². The first kappa shape index (κ1) is 17.3. The zero-order valence-corrected chi connectivity index (χ0v) is 15.5. The highest BCUT2D eigenvalue weighted by atomic mass is 32.1. The summed E-state index contributed by atoms with van der Waals surface area (Å²) >= 11 is 1.35. The molecule has 27 heavy (non-hydrogen) atoms. The molecule has 0 radical (unpaired) electrons. The molecule has 9 heteroatoms. The summed E-state index contributed by atoms with van der Waals surface area (Å²) in [6.45, 7) is 2.52. The maximum Gasteiger partial charge on any atom is 0.276 e. The molecular formula is C18H18N6O2S. The molecule has 1 fully saturated rings. The molecule has 0 bridgehead atoms. The van der Waals surface area contributed by atoms with Crippen molar-refractivity contribution < 1.29 is 9.59 Å². The molecule has 1 N–H and O–H groups in total. The highest BCUT2D eigenvalue weighted by molar-refractivity contribution is 7.13. The minimum Gasteiger partial charge on any atom is -0.325 e. The summed E-state index contributed by atoms with van der Waals surface area (Å²) in [5.41, 5.74) is 2.19. The van der Waals surface area contributed by atoms with Crippen molar-refractivity contribution in [1.29, 1.82) is 0 Å². The van der Waals surface area contributed by atoms with Gasteiger partial charge in [0.15, 0.2) is 10.8 Å². The van der Waals surface area contributed by atoms with Gasteiger partial charge in [-0.15, -0.1) is 16.4 Å². The molecule has 0 aliphatic carbocycles. The van der Waals surface area contributed by atoms with Crippen LogP contribution in [-0.2, 0) is 4.79 Å². The molecule has 0 saturated carbocycles. The summed E-state index contributed by atoms with van der Waals surface area (Å²) in [5.74, 6) is -0.508. The van der Waals surface area contributed by atoms with Gasteiger partial charge in [-0.1, -0.05) is 22.9 Å². The number of rotatable bonds is 4. The number of anilines is 1. The Balaban J connectivity index is 1.50. The van der Waals surface area contributed by atoms with Crippen molar-refractivity contribution in [2.75, 3.05) is 11.9 Å². The summed E-state index contributed by atoms with van der Waals surface area (Å²) in [6, 6.07) is 7.25. The third-order valence-corrected chi connectivity index (χ3v) is 5.18. The Kier molecular flexibility index (Phi) is 4.68. The van der Waals surface area contributed by atoms with Crippen molar-refractivity contribution in [2.45, 2.75) is 25.8 Å². The average Bonchev–Trinajstić information content (AvgIpc) is 3.42. The Morgan fingerprint density at radius 3 is 2.81 bits per heavy atom. The fourth-order valence-corrected chi connectivity index (χ4v) is 3.62. The minimum atomic E-state index is -0.522. The fraction of sp³-hybridized carbons (Fsp3) is 0.278. The van der Waals surface area contributed by atoms with Gasteiger partial charge in [0.05, 0.1) is 11.9 Å². The first-order valence-electron chi connectivity index (χ1n) is 8.62. The van der Waals surface area contributed by atoms with Crippen LogP contribution in [0.5, 0.6) is 0 Å². The van der Waals surface area contributed by atoms with Gasteiger partial charge in [-0.05, 0) is 31.9 Å². The summed E-state index contributed by atoms with van der Waals surface area (Å²) in [5, 5.41) is 13.1. The van der Waals surface area contributed by atoms with Crippen LogP contribution in [0.4, 0.5) is 5.13 Å². The minimum absolute atomic E-state index is 0.221. The number of likely N-dealkylation sites (tertiary alicyclic amines) is 1. The molecule has 2 aromatic heterocycles. The Hall–Kier alpha value is -3.07. The third-order valence-electron chi connectivity index (χ3n) is 4.49. The molecule has 1 aliphatic rings. The number of hydrogen-bond donors (Lipinski definition) is 1. The highest BCUT2D eigenvalue weighted by Crippen LogP contribution is 2.22. The summed E-state index contributed by atoms with van der Waals surface area (Å²) in [4.78, 5) is 31.0. The zero-order chi connectivity index (χ0) is 18.8. The molecule has 2 amide bonds. The Morgan fingerprint density at radius 1 is 1.26 bits per heavy atom. The molecule has 1 saturated heterocycles. The Morgan fingerprint density at radius 2 is 2.07 bits per heavy atom. The maximum atomic E-state index is 12.9. The van der Waals surface area contributed by atoms with Gasteiger partial charge in [0.25, 0.3) is 5.91 Å². The van der Waals surface area contributed by atoms with E-state index in [1.807, 2.05) is 31.2 Å². The SMILES string of the molecule is Cc1ccc(-n2cc(C(=O)N3CCCC3C(=O)Nc3nccs3)nn2)cc1. The molecule has 1 aromatic carbocycles. The van der Waals surface area contributed by atoms with E-state index in [4.69, 9.17) is 0 Å². The number of aryl methyl sites for hydroxylation is 1. The second kappa shape index (κ2) is 7.28. The number of thiazole rings is 1. The van der Waals surface area contributed by atoms with Crippen LogP contribution in [0, 0.1) is 6.92 Å². The molecule has 3 heterocycles. The Labute approximate surface area is 159 Å². The van der Waals surface area contributed by atoms with Gasteiger partial charge in [0, 0.05) is 18.1 Å². The van der Waals surface area contributed by atoms with Gasteiger partial charge in [-0.25, -0.2) is 9.67 Å². The number of benzene rings is 1. The van der Waals surface area contributed by atoms with E-state index in [2.05, 4.69) is 20.6 Å². The molecule has 1 atom stereocenters. The van der Waals surface area contributed by atoms with Crippen LogP contribution in [0.3, 0.4) is 0 Å². The van der Waals surface area contributed by atoms with E-state index < -0.39 is 6.04 Å². The predicted molar refractivity (Wildman–Crippen MR) is 101 cm³/mol. The molecule has 4 rings (SSSR count). The lowest BCUT2D eigenvalue weighted by Gasteiger charge is -2.22. The smallest absolute Gasteiger partial charge is 0.276 e. The normalized spacial score (nSPS) is 16.5. The number of nitrogens with one attached hydrogen (secondary N) is 1. The molecule has 1 aliphatic heterocycles. The second-order valence-electron chi connectivity index (χ2n) is 6.37. The second-order valence-corrected chi connectivity index (χ2v) is 7.26. The molecule has 138 valence electrons. The van der Waals surface area contributed by atoms with Gasteiger partial charge in [-0.3, -0.25) is 9.59 Å². The predicted octanol–water partition coefficient (Wildman–Crippen LogP) is 2.28. The average molecular weight is 382 g/mol. The van der Waals surface area contributed by atoms with E-state index >= 15 is 0 Å². The van der Waals surface area contributed by atoms with Crippen molar-refractivity contribution in [1.82, 2.24) is 24.9 Å². The van der Waals surface area contributed by atoms with E-state index in [1.54, 1.807) is 27.4 Å². The maximum absolute atomic E-state index is 12.9. The molecule has 0 spiro atoms. The van der Waals surface area contributed by atoms with Crippen LogP contribution >= 0.6 is 11.3 Å². The van der Waals surface area contributed by atoms with E-state index in [0.717, 1.165) is 17.7 Å². The first-order chi connectivity index (χ1) is 13.1. The first-order valence-corrected chi connectivity index (χ1v) is 9.50. The van der Waals surface area contributed by atoms with Gasteiger partial charge in [-0.2, -0.15) is 0 Å². The monoisotopic (exact) mass is 382 g/mol. The van der Waals surface area contributed by atoms with Crippen molar-refractivity contribution >= 4 is 28.3 Å². The van der Waals surface area contributed by atoms with E-state index in [1.165, 1.54) is 11.3 Å². The largest absolute Gasteiger partial charge is 0.325 e. The van der Waals surface area contributed by atoms with Crippen molar-refractivity contribution in [3.63, 3.8) is 0 Å². The number of aromatic nitrogens is 4. The molecule has 3 aromatic rings. The van der Waals surface area contributed by atoms with Crippen LogP contribution in [0.25, 0.3) is 5.69 Å². The van der Waals surface area contributed by atoms with Gasteiger partial charge < -0.3 is 10.2 Å². The highest BCUT2D eigenvalue weighted by Gasteiger charge is 2.35. The van der Waals surface area contributed by atoms with Gasteiger partial charge in [0.2, 0.25) is 5.91 Å². The standard InChI is InChI=1S/C18H18N6O2S/c1-12-4-6-13(7-5-12)24-11-14(21-22-24)17(26)23-9-2-3-15(23)16(25)20-18-19-8-10-27-18/h4-8,10-11,15H,2-3,9H2,1H3,(H,19,20,25). The molecule has 1 unspecified atom stereocenters. The fourth-order valence-electron chi connectivity index (χ4n) is 3.09. The van der Waals surface area contributed by atoms with Gasteiger partial charge >= 0.3 is 0 Å². The lowest BCUT2D eigenvalue weighted by Crippen LogP contribution is -2.43. The molecular weight excluding hydrogens is 364 g/mol. The number of carbonyl (C=O) groups is 2. The number of carbonyl (C=O) groups excluding carboxylic acids is 2. The van der Waals surface area contributed by atoms with Crippen LogP contribution < -0.4 is 5.32 Å². The van der Waals surface area contributed by atoms with Crippen LogP contribution in [-0.4, -0.2) is 49.3 Å². The van der Waals surface area contributed by atoms with Gasteiger partial charge in [0.1, 0.15) is 6.04 Å². The van der Waals surface area contributed by atoms with Crippen LogP contribution in [0.15, 0.2) is 42.0 Å². The van der Waals surface area contributed by atoms with Crippen molar-refractivity contribution in [3.8, 4) is 5.69 Å². The van der Waals surface area contributed by atoms with Crippen molar-refractivity contribution in [2.24, 2.45) is 0 Å². The summed E-state index contributed by atoms with van der Waals surface area (Å²) in [6.07, 6.45) is 4.62. The van der Waals surface area contributed by atoms with E-state index in [-0.39, 0.29) is 17.5 Å². The summed E-state index contributed by atoms with van der Waals surface area (Å²) in [7, 11) is 0. The lowest BCUT2D eigenvalue weighted by atomic mass is 10.2. The van der Waals surface area contributed by atoms with Crippen LogP contribution in [0.1, 0.15) is 28.9 Å². The number of hydrogen-bond acceptors (Lipinski definition) is 6. The summed E-state index contributed by atoms with van der Waals surface area (Å²) < 4.78 is 1.56. The van der Waals surface area contributed by atoms with Crippen molar-refractivity contribution in [3.05, 3.63) is 53.3 Å². The molecule has 8 nitrogen and oxygen atoms in total. The quantitative estimate of drug-likeness (QED) is 0.747. The number of nitrogens with zero attached hydrogens (tertiary/aromatic N) is 5. The number of amides is 2. The van der Waals surface area contributed by atoms with E-state index in [0.29, 0.717) is 18.1 Å². The zero-order valence-electron chi connectivity index (χ0n) is 14.7. The Bertz CT molecular complexity index is 951. The lowest BCUT2D eigenvalue weighted by molar-refractivity contribution is -0.119.